The zero-order chi connectivity index (χ0) is 33.0. The van der Waals surface area contributed by atoms with Gasteiger partial charge in [0.05, 0.1) is 0 Å². The summed E-state index contributed by atoms with van der Waals surface area (Å²) in [6, 6.07) is 69.0. The molecule has 2 heterocycles. The van der Waals surface area contributed by atoms with Crippen LogP contribution in [-0.2, 0) is 0 Å². The topological polar surface area (TPSA) is 4.93 Å². The van der Waals surface area contributed by atoms with Crippen molar-refractivity contribution < 1.29 is 0 Å². The molecule has 0 radical (unpaired) electrons. The Labute approximate surface area is 297 Å². The van der Waals surface area contributed by atoms with Gasteiger partial charge in [-0.15, -0.1) is 0 Å². The fourth-order valence-corrected chi connectivity index (χ4v) is 10.2. The first-order valence-electron chi connectivity index (χ1n) is 17.1. The molecule has 10 aromatic rings. The third-order valence-corrected chi connectivity index (χ3v) is 12.3. The molecule has 0 N–H and O–H groups in total. The van der Waals surface area contributed by atoms with E-state index >= 15 is 0 Å². The molecular formula is C48H31NSe. The number of hydrogen-bond acceptors (Lipinski definition) is 0. The average Bonchev–Trinajstić information content (AvgIpc) is 3.73. The van der Waals surface area contributed by atoms with Gasteiger partial charge in [-0.2, -0.15) is 0 Å². The van der Waals surface area contributed by atoms with Crippen molar-refractivity contribution in [2.75, 3.05) is 0 Å². The van der Waals surface area contributed by atoms with Crippen LogP contribution < -0.4 is 0 Å². The number of benzene rings is 8. The van der Waals surface area contributed by atoms with E-state index in [1.165, 1.54) is 91.3 Å². The van der Waals surface area contributed by atoms with Crippen molar-refractivity contribution in [1.82, 2.24) is 4.57 Å². The number of aromatic nitrogens is 1. The van der Waals surface area contributed by atoms with Gasteiger partial charge in [0.15, 0.2) is 0 Å². The van der Waals surface area contributed by atoms with Crippen LogP contribution in [0.1, 0.15) is 0 Å². The van der Waals surface area contributed by atoms with Crippen LogP contribution >= 0.6 is 0 Å². The molecule has 10 rings (SSSR count). The Hall–Kier alpha value is -5.92. The molecule has 0 amide bonds. The van der Waals surface area contributed by atoms with Gasteiger partial charge >= 0.3 is 292 Å². The number of rotatable bonds is 5. The van der Waals surface area contributed by atoms with Gasteiger partial charge in [0, 0.05) is 0 Å². The summed E-state index contributed by atoms with van der Waals surface area (Å²) in [6.45, 7) is 0. The summed E-state index contributed by atoms with van der Waals surface area (Å²) in [5.74, 6) is 0. The van der Waals surface area contributed by atoms with E-state index in [9.17, 15) is 0 Å². The number of hydrogen-bond donors (Lipinski definition) is 0. The van der Waals surface area contributed by atoms with Gasteiger partial charge in [-0.1, -0.05) is 6.07 Å². The molecule has 0 saturated carbocycles. The normalized spacial score (nSPS) is 11.6. The predicted molar refractivity (Wildman–Crippen MR) is 214 cm³/mol. The van der Waals surface area contributed by atoms with Crippen LogP contribution in [0, 0.1) is 0 Å². The van der Waals surface area contributed by atoms with Crippen molar-refractivity contribution in [2.45, 2.75) is 0 Å². The molecule has 2 heteroatoms. The maximum absolute atomic E-state index is 2.49. The van der Waals surface area contributed by atoms with Crippen molar-refractivity contribution in [2.24, 2.45) is 0 Å². The number of nitrogens with zero attached hydrogens (tertiary/aromatic N) is 1. The van der Waals surface area contributed by atoms with Gasteiger partial charge in [0.25, 0.3) is 0 Å². The Balaban J connectivity index is 1.25. The second-order valence-electron chi connectivity index (χ2n) is 12.9. The van der Waals surface area contributed by atoms with Gasteiger partial charge in [0.2, 0.25) is 0 Å². The standard InChI is InChI=1S/C48H31NSe/c1-5-15-32(16-6-1)39-31-45-48(47(34-19-9-3-10-20-34)46(39)33-17-7-2-8-18-33)41-30-36(26-28-44(41)50-45)35-25-27-43-40(29-35)38-23-13-14-24-42(38)49(43)37-21-11-4-12-22-37/h1-31H. The van der Waals surface area contributed by atoms with Crippen molar-refractivity contribution in [3.05, 3.63) is 188 Å². The van der Waals surface area contributed by atoms with E-state index in [2.05, 4.69) is 193 Å². The molecule has 234 valence electrons. The molecule has 0 spiro atoms. The van der Waals surface area contributed by atoms with Gasteiger partial charge < -0.3 is 0 Å². The fourth-order valence-electron chi connectivity index (χ4n) is 7.77. The number of para-hydroxylation sites is 2. The second-order valence-corrected chi connectivity index (χ2v) is 15.2. The van der Waals surface area contributed by atoms with Crippen molar-refractivity contribution in [3.8, 4) is 50.2 Å². The molecule has 8 aromatic carbocycles. The third-order valence-electron chi connectivity index (χ3n) is 9.99. The molecule has 0 saturated heterocycles. The summed E-state index contributed by atoms with van der Waals surface area (Å²) in [4.78, 5) is 0. The molecular weight excluding hydrogens is 669 g/mol. The SMILES string of the molecule is c1ccc(-c2cc3[se]c4ccc(-c5ccc6c(c5)c5ccccc5n6-c5ccccc5)cc4c3c(-c3ccccc3)c2-c2ccccc2)cc1. The Morgan fingerprint density at radius 3 is 1.58 bits per heavy atom. The van der Waals surface area contributed by atoms with E-state index in [0.29, 0.717) is 0 Å². The molecule has 0 aliphatic carbocycles. The van der Waals surface area contributed by atoms with E-state index in [-0.39, 0.29) is 14.5 Å². The quantitative estimate of drug-likeness (QED) is 0.158. The maximum atomic E-state index is 2.49. The Morgan fingerprint density at radius 2 is 0.880 bits per heavy atom. The molecule has 1 nitrogen and oxygen atoms in total. The van der Waals surface area contributed by atoms with Crippen LogP contribution in [0.25, 0.3) is 91.3 Å². The second kappa shape index (κ2) is 11.9. The first-order valence-corrected chi connectivity index (χ1v) is 18.8. The Bertz CT molecular complexity index is 2830. The summed E-state index contributed by atoms with van der Waals surface area (Å²) in [6.07, 6.45) is 0. The molecule has 0 fully saturated rings. The van der Waals surface area contributed by atoms with Crippen molar-refractivity contribution >= 4 is 55.6 Å². The summed E-state index contributed by atoms with van der Waals surface area (Å²) < 4.78 is 5.28. The van der Waals surface area contributed by atoms with Crippen molar-refractivity contribution in [3.63, 3.8) is 0 Å². The summed E-state index contributed by atoms with van der Waals surface area (Å²) >= 11 is 0.193. The van der Waals surface area contributed by atoms with E-state index in [1.807, 2.05) is 0 Å². The van der Waals surface area contributed by atoms with Crippen LogP contribution in [-0.4, -0.2) is 19.1 Å². The van der Waals surface area contributed by atoms with E-state index in [4.69, 9.17) is 0 Å². The molecule has 0 bridgehead atoms. The predicted octanol–water partition coefficient (Wildman–Crippen LogP) is 12.8. The Kier molecular flexibility index (Phi) is 6.91. The van der Waals surface area contributed by atoms with Crippen molar-refractivity contribution in [1.29, 1.82) is 0 Å². The average molecular weight is 701 g/mol. The molecule has 0 aliphatic rings. The minimum absolute atomic E-state index is 0.193. The molecule has 0 aliphatic heterocycles. The van der Waals surface area contributed by atoms with Crippen LogP contribution in [0.5, 0.6) is 0 Å². The van der Waals surface area contributed by atoms with Gasteiger partial charge in [-0.3, -0.25) is 0 Å². The summed E-state index contributed by atoms with van der Waals surface area (Å²) in [5.41, 5.74) is 13.8. The van der Waals surface area contributed by atoms with Gasteiger partial charge in [0.1, 0.15) is 0 Å². The minimum atomic E-state index is 0.193. The molecule has 0 atom stereocenters. The molecule has 50 heavy (non-hydrogen) atoms. The van der Waals surface area contributed by atoms with E-state index < -0.39 is 0 Å². The first-order chi connectivity index (χ1) is 24.8. The van der Waals surface area contributed by atoms with Crippen LogP contribution in [0.3, 0.4) is 0 Å². The molecule has 2 aromatic heterocycles. The zero-order valence-corrected chi connectivity index (χ0v) is 29.0. The van der Waals surface area contributed by atoms with Gasteiger partial charge in [-0.25, -0.2) is 0 Å². The van der Waals surface area contributed by atoms with E-state index in [0.717, 1.165) is 0 Å². The van der Waals surface area contributed by atoms with Crippen LogP contribution in [0.2, 0.25) is 0 Å². The molecule has 0 unspecified atom stereocenters. The van der Waals surface area contributed by atoms with E-state index in [1.54, 1.807) is 0 Å². The zero-order valence-electron chi connectivity index (χ0n) is 27.3. The Morgan fingerprint density at radius 1 is 0.340 bits per heavy atom. The third kappa shape index (κ3) is 4.69. The summed E-state index contributed by atoms with van der Waals surface area (Å²) in [5, 5.41) is 5.29. The van der Waals surface area contributed by atoms with Crippen LogP contribution in [0.4, 0.5) is 0 Å². The monoisotopic (exact) mass is 701 g/mol. The number of fused-ring (bicyclic) bond motifs is 6. The summed E-state index contributed by atoms with van der Waals surface area (Å²) in [7, 11) is 0. The first kappa shape index (κ1) is 29.0. The van der Waals surface area contributed by atoms with Gasteiger partial charge in [-0.05, 0) is 0 Å². The van der Waals surface area contributed by atoms with Crippen LogP contribution in [0.15, 0.2) is 188 Å². The fraction of sp³-hybridized carbons (Fsp3) is 0.